The first-order valence-electron chi connectivity index (χ1n) is 18.9. The highest BCUT2D eigenvalue weighted by Gasteiger charge is 2.51. The molecule has 3 aromatic carbocycles. The van der Waals surface area contributed by atoms with Gasteiger partial charge >= 0.3 is 12.1 Å². The first-order chi connectivity index (χ1) is 27.9. The fraction of sp³-hybridized carbons (Fsp3) is 0.333. The number of nitrogens with zero attached hydrogens (tertiary/aromatic N) is 6. The Morgan fingerprint density at radius 2 is 1.66 bits per heavy atom. The predicted molar refractivity (Wildman–Crippen MR) is 213 cm³/mol. The molecule has 5 amide bonds. The average molecular weight is 810 g/mol. The van der Waals surface area contributed by atoms with E-state index >= 15 is 0 Å². The van der Waals surface area contributed by atoms with Crippen molar-refractivity contribution in [3.8, 4) is 0 Å². The van der Waals surface area contributed by atoms with Gasteiger partial charge in [0.25, 0.3) is 5.91 Å². The zero-order valence-corrected chi connectivity index (χ0v) is 32.2. The molecule has 58 heavy (non-hydrogen) atoms. The highest BCUT2D eigenvalue weighted by Crippen LogP contribution is 2.38. The van der Waals surface area contributed by atoms with Crippen LogP contribution in [0.1, 0.15) is 42.9 Å². The van der Waals surface area contributed by atoms with Crippen LogP contribution in [0.15, 0.2) is 96.2 Å². The number of benzene rings is 3. The highest BCUT2D eigenvalue weighted by molar-refractivity contribution is 7.89. The SMILES string of the molecule is CC1NC(=O)N([C@H]2C[C@@H](n3cnc4c(NCC(c5ccccc5)c5ccccc5)nc(N5CCC(NC(=O)Nc6cccc(S(N)(=O)=O)c6)C5)nc43)[C@H](O)[C@@H]2O)C1=O. The van der Waals surface area contributed by atoms with E-state index in [0.717, 1.165) is 16.0 Å². The molecule has 6 atom stereocenters. The minimum absolute atomic E-state index is 0.0524. The summed E-state index contributed by atoms with van der Waals surface area (Å²) >= 11 is 0. The monoisotopic (exact) mass is 809 g/mol. The molecule has 8 rings (SSSR count). The Labute approximate surface area is 333 Å². The Morgan fingerprint density at radius 3 is 2.31 bits per heavy atom. The third-order valence-corrected chi connectivity index (χ3v) is 11.9. The molecule has 2 unspecified atom stereocenters. The predicted octanol–water partition coefficient (Wildman–Crippen LogP) is 2.09. The summed E-state index contributed by atoms with van der Waals surface area (Å²) in [6.07, 6.45) is -0.674. The van der Waals surface area contributed by atoms with Gasteiger partial charge in [-0.15, -0.1) is 0 Å². The second-order valence-corrected chi connectivity index (χ2v) is 16.3. The van der Waals surface area contributed by atoms with Crippen molar-refractivity contribution in [2.45, 2.75) is 67.0 Å². The number of carbonyl (C=O) groups is 3. The van der Waals surface area contributed by atoms with Crippen molar-refractivity contribution >= 4 is 56.6 Å². The number of hydrogen-bond acceptors (Lipinski definition) is 12. The van der Waals surface area contributed by atoms with Gasteiger partial charge in [-0.2, -0.15) is 9.97 Å². The van der Waals surface area contributed by atoms with Crippen LogP contribution in [0.25, 0.3) is 11.2 Å². The smallest absolute Gasteiger partial charge is 0.325 e. The topological polar surface area (TPSA) is 250 Å². The van der Waals surface area contributed by atoms with E-state index in [-0.39, 0.29) is 29.0 Å². The fourth-order valence-electron chi connectivity index (χ4n) is 8.03. The van der Waals surface area contributed by atoms with Gasteiger partial charge in [-0.05, 0) is 49.1 Å². The van der Waals surface area contributed by atoms with Crippen LogP contribution in [-0.4, -0.2) is 111 Å². The zero-order chi connectivity index (χ0) is 40.7. The molecule has 0 bridgehead atoms. The molecule has 302 valence electrons. The van der Waals surface area contributed by atoms with Gasteiger partial charge in [-0.3, -0.25) is 9.69 Å². The molecule has 3 fully saturated rings. The van der Waals surface area contributed by atoms with Crippen molar-refractivity contribution < 1.29 is 33.0 Å². The first-order valence-corrected chi connectivity index (χ1v) is 20.4. The van der Waals surface area contributed by atoms with Gasteiger partial charge in [0, 0.05) is 37.3 Å². The summed E-state index contributed by atoms with van der Waals surface area (Å²) in [7, 11) is -3.96. The summed E-state index contributed by atoms with van der Waals surface area (Å²) in [6.45, 7) is 2.80. The molecule has 2 aliphatic heterocycles. The lowest BCUT2D eigenvalue weighted by Crippen LogP contribution is -2.47. The molecule has 1 saturated carbocycles. The number of urea groups is 2. The average Bonchev–Trinajstić information content (AvgIpc) is 3.98. The minimum Gasteiger partial charge on any atom is -0.388 e. The molecule has 8 N–H and O–H groups in total. The Kier molecular flexibility index (Phi) is 10.4. The zero-order valence-electron chi connectivity index (χ0n) is 31.3. The molecule has 19 heteroatoms. The van der Waals surface area contributed by atoms with Crippen molar-refractivity contribution in [2.75, 3.05) is 35.2 Å². The summed E-state index contributed by atoms with van der Waals surface area (Å²) in [6, 6.07) is 21.7. The van der Waals surface area contributed by atoms with Crippen LogP contribution in [0.5, 0.6) is 0 Å². The summed E-state index contributed by atoms with van der Waals surface area (Å²) < 4.78 is 25.3. The molecule has 18 nitrogen and oxygen atoms in total. The number of aromatic nitrogens is 4. The van der Waals surface area contributed by atoms with E-state index in [9.17, 15) is 33.0 Å². The molecule has 2 saturated heterocycles. The summed E-state index contributed by atoms with van der Waals surface area (Å²) in [4.78, 5) is 56.0. The van der Waals surface area contributed by atoms with Crippen LogP contribution in [0.3, 0.4) is 0 Å². The van der Waals surface area contributed by atoms with Gasteiger partial charge in [-0.1, -0.05) is 66.7 Å². The minimum atomic E-state index is -3.96. The van der Waals surface area contributed by atoms with Crippen molar-refractivity contribution in [3.05, 3.63) is 102 Å². The number of amides is 5. The van der Waals surface area contributed by atoms with Crippen LogP contribution in [0.2, 0.25) is 0 Å². The molecule has 2 aromatic heterocycles. The van der Waals surface area contributed by atoms with E-state index in [1.165, 1.54) is 24.5 Å². The lowest BCUT2D eigenvalue weighted by molar-refractivity contribution is -0.130. The van der Waals surface area contributed by atoms with Crippen molar-refractivity contribution in [3.63, 3.8) is 0 Å². The number of aliphatic hydroxyl groups excluding tert-OH is 2. The Balaban J connectivity index is 1.09. The number of rotatable bonds is 11. The lowest BCUT2D eigenvalue weighted by atomic mass is 9.91. The summed E-state index contributed by atoms with van der Waals surface area (Å²) in [5.74, 6) is 0.196. The van der Waals surface area contributed by atoms with Crippen LogP contribution in [0, 0.1) is 0 Å². The molecule has 1 aliphatic carbocycles. The number of nitrogens with two attached hydrogens (primary N) is 1. The molecule has 0 radical (unpaired) electrons. The largest absolute Gasteiger partial charge is 0.388 e. The van der Waals surface area contributed by atoms with E-state index in [1.807, 2.05) is 41.3 Å². The van der Waals surface area contributed by atoms with Crippen LogP contribution >= 0.6 is 0 Å². The van der Waals surface area contributed by atoms with E-state index in [1.54, 1.807) is 17.6 Å². The number of imide groups is 1. The number of primary sulfonamides is 1. The van der Waals surface area contributed by atoms with Crippen molar-refractivity contribution in [2.24, 2.45) is 5.14 Å². The highest BCUT2D eigenvalue weighted by atomic mass is 32.2. The maximum atomic E-state index is 13.0. The number of carbonyl (C=O) groups excluding carboxylic acids is 3. The van der Waals surface area contributed by atoms with E-state index in [4.69, 9.17) is 15.1 Å². The number of imidazole rings is 1. The number of sulfonamides is 1. The summed E-state index contributed by atoms with van der Waals surface area (Å²) in [5, 5.41) is 39.5. The molecule has 4 heterocycles. The second kappa shape index (κ2) is 15.7. The molecular weight excluding hydrogens is 767 g/mol. The van der Waals surface area contributed by atoms with Gasteiger partial charge in [0.1, 0.15) is 18.2 Å². The first kappa shape index (κ1) is 38.7. The third-order valence-electron chi connectivity index (χ3n) is 11.0. The van der Waals surface area contributed by atoms with E-state index in [2.05, 4.69) is 50.5 Å². The quantitative estimate of drug-likeness (QED) is 0.0949. The summed E-state index contributed by atoms with van der Waals surface area (Å²) in [5.41, 5.74) is 3.20. The molecule has 3 aliphatic rings. The number of nitrogens with one attached hydrogen (secondary N) is 4. The lowest BCUT2D eigenvalue weighted by Gasteiger charge is -2.24. The van der Waals surface area contributed by atoms with Gasteiger partial charge in [0.15, 0.2) is 17.0 Å². The van der Waals surface area contributed by atoms with Crippen LogP contribution < -0.4 is 31.3 Å². The Hall–Kier alpha value is -6.15. The number of aliphatic hydroxyl groups is 2. The fourth-order valence-corrected chi connectivity index (χ4v) is 8.59. The number of anilines is 3. The van der Waals surface area contributed by atoms with Crippen LogP contribution in [0.4, 0.5) is 27.0 Å². The number of hydrogen-bond donors (Lipinski definition) is 7. The molecular formula is C39H43N11O7S. The Bertz CT molecular complexity index is 2410. The standard InChI is InChI=1S/C39H43N11O7S/c1-22-36(53)50(39(55)43-22)30-18-29(32(51)33(30)52)49-21-42-31-34(41-19-28(23-9-4-2-5-10-23)24-11-6-3-7-12-24)46-37(47-35(31)49)48-16-15-26(20-48)45-38(54)44-25-13-8-14-27(17-25)58(40,56)57/h2-14,17,21-22,26,28-30,32-33,51-52H,15-16,18-20H2,1H3,(H,43,55)(H2,40,56,57)(H,41,46,47)(H2,44,45,54)/t22?,26?,29-,30+,32+,33-/m1/s1. The van der Waals surface area contributed by atoms with Crippen molar-refractivity contribution in [1.82, 2.24) is 35.1 Å². The number of fused-ring (bicyclic) bond motifs is 1. The van der Waals surface area contributed by atoms with Gasteiger partial charge in [-0.25, -0.2) is 28.1 Å². The second-order valence-electron chi connectivity index (χ2n) is 14.8. The maximum absolute atomic E-state index is 13.0. The van der Waals surface area contributed by atoms with Gasteiger partial charge in [0.05, 0.1) is 23.3 Å². The third kappa shape index (κ3) is 7.63. The normalized spacial score (nSPS) is 23.5. The molecule has 5 aromatic rings. The molecule has 0 spiro atoms. The van der Waals surface area contributed by atoms with Gasteiger partial charge < -0.3 is 40.9 Å². The van der Waals surface area contributed by atoms with Crippen LogP contribution in [-0.2, 0) is 14.8 Å². The van der Waals surface area contributed by atoms with Crippen molar-refractivity contribution in [1.29, 1.82) is 0 Å². The Morgan fingerprint density at radius 1 is 0.966 bits per heavy atom. The van der Waals surface area contributed by atoms with E-state index in [0.29, 0.717) is 49.0 Å². The van der Waals surface area contributed by atoms with Gasteiger partial charge in [0.2, 0.25) is 16.0 Å². The maximum Gasteiger partial charge on any atom is 0.325 e. The van der Waals surface area contributed by atoms with E-state index < -0.39 is 58.3 Å².